The van der Waals surface area contributed by atoms with Gasteiger partial charge in [0.05, 0.1) is 16.0 Å². The Morgan fingerprint density at radius 1 is 1.33 bits per heavy atom. The van der Waals surface area contributed by atoms with Gasteiger partial charge in [-0.2, -0.15) is 0 Å². The lowest BCUT2D eigenvalue weighted by Crippen LogP contribution is -2.24. The molecular formula is C13H12Cl2N2O. The molecule has 1 aliphatic carbocycles. The fraction of sp³-hybridized carbons (Fsp3) is 0.308. The van der Waals surface area contributed by atoms with Gasteiger partial charge in [-0.05, 0) is 37.0 Å². The monoisotopic (exact) mass is 282 g/mol. The van der Waals surface area contributed by atoms with Crippen LogP contribution in [0.1, 0.15) is 30.0 Å². The van der Waals surface area contributed by atoms with Crippen molar-refractivity contribution in [3.63, 3.8) is 0 Å². The van der Waals surface area contributed by atoms with Crippen LogP contribution in [0, 0.1) is 0 Å². The lowest BCUT2D eigenvalue weighted by Gasteiger charge is -2.19. The standard InChI is InChI=1S/C13H12Cl2N2O/c14-9-4-8-6-2-1-3-7(13(16)18)12(6)17-11(8)5-10(9)15/h4-5,7,17H,1-3H2,(H2,16,18). The van der Waals surface area contributed by atoms with Crippen molar-refractivity contribution >= 4 is 40.0 Å². The Kier molecular flexibility index (Phi) is 2.76. The fourth-order valence-corrected chi connectivity index (χ4v) is 3.07. The average molecular weight is 283 g/mol. The highest BCUT2D eigenvalue weighted by Gasteiger charge is 2.28. The molecule has 3 N–H and O–H groups in total. The van der Waals surface area contributed by atoms with Gasteiger partial charge in [0.25, 0.3) is 0 Å². The molecule has 0 aliphatic heterocycles. The van der Waals surface area contributed by atoms with Crippen molar-refractivity contribution in [2.75, 3.05) is 0 Å². The molecule has 5 heteroatoms. The Hall–Kier alpha value is -1.19. The van der Waals surface area contributed by atoms with Gasteiger partial charge in [0.1, 0.15) is 0 Å². The van der Waals surface area contributed by atoms with Crippen molar-refractivity contribution in [2.24, 2.45) is 5.73 Å². The normalized spacial score (nSPS) is 18.9. The molecule has 94 valence electrons. The molecule has 2 aromatic rings. The Bertz CT molecular complexity index is 648. The zero-order chi connectivity index (χ0) is 12.9. The molecule has 0 saturated carbocycles. The van der Waals surface area contributed by atoms with E-state index in [1.807, 2.05) is 6.07 Å². The molecule has 1 aromatic heterocycles. The van der Waals surface area contributed by atoms with Gasteiger partial charge in [0.2, 0.25) is 5.91 Å². The Morgan fingerprint density at radius 2 is 2.06 bits per heavy atom. The van der Waals surface area contributed by atoms with E-state index in [1.165, 1.54) is 0 Å². The molecule has 1 aromatic carbocycles. The number of H-pyrrole nitrogens is 1. The van der Waals surface area contributed by atoms with E-state index in [4.69, 9.17) is 28.9 Å². The van der Waals surface area contributed by atoms with Crippen LogP contribution in [0.4, 0.5) is 0 Å². The minimum Gasteiger partial charge on any atom is -0.369 e. The van der Waals surface area contributed by atoms with Crippen molar-refractivity contribution in [3.05, 3.63) is 33.4 Å². The van der Waals surface area contributed by atoms with E-state index >= 15 is 0 Å². The summed E-state index contributed by atoms with van der Waals surface area (Å²) in [5.74, 6) is -0.501. The Morgan fingerprint density at radius 3 is 2.78 bits per heavy atom. The van der Waals surface area contributed by atoms with E-state index in [1.54, 1.807) is 6.07 Å². The number of fused-ring (bicyclic) bond motifs is 3. The Labute approximate surface area is 114 Å². The minimum absolute atomic E-state index is 0.223. The molecule has 0 bridgehead atoms. The maximum absolute atomic E-state index is 11.5. The van der Waals surface area contributed by atoms with Crippen LogP contribution in [-0.2, 0) is 11.2 Å². The van der Waals surface area contributed by atoms with E-state index < -0.39 is 0 Å². The Balaban J connectivity index is 2.27. The summed E-state index contributed by atoms with van der Waals surface area (Å²) >= 11 is 12.1. The molecule has 1 unspecified atom stereocenters. The number of carbonyl (C=O) groups is 1. The number of aryl methyl sites for hydroxylation is 1. The number of hydrogen-bond donors (Lipinski definition) is 2. The van der Waals surface area contributed by atoms with E-state index in [0.29, 0.717) is 10.0 Å². The third kappa shape index (κ3) is 1.70. The predicted molar refractivity (Wildman–Crippen MR) is 73.2 cm³/mol. The fourth-order valence-electron chi connectivity index (χ4n) is 2.74. The number of nitrogens with one attached hydrogen (secondary N) is 1. The molecular weight excluding hydrogens is 271 g/mol. The molecule has 0 spiro atoms. The third-order valence-corrected chi connectivity index (χ3v) is 4.31. The van der Waals surface area contributed by atoms with Gasteiger partial charge in [-0.3, -0.25) is 4.79 Å². The molecule has 3 nitrogen and oxygen atoms in total. The summed E-state index contributed by atoms with van der Waals surface area (Å²) in [7, 11) is 0. The van der Waals surface area contributed by atoms with Crippen LogP contribution >= 0.6 is 23.2 Å². The number of aromatic nitrogens is 1. The molecule has 3 rings (SSSR count). The van der Waals surface area contributed by atoms with Crippen LogP contribution < -0.4 is 5.73 Å². The number of nitrogens with two attached hydrogens (primary N) is 1. The highest BCUT2D eigenvalue weighted by atomic mass is 35.5. The largest absolute Gasteiger partial charge is 0.369 e. The molecule has 0 radical (unpaired) electrons. The summed E-state index contributed by atoms with van der Waals surface area (Å²) in [5, 5.41) is 2.09. The van der Waals surface area contributed by atoms with Crippen LogP contribution in [0.5, 0.6) is 0 Å². The van der Waals surface area contributed by atoms with E-state index in [-0.39, 0.29) is 11.8 Å². The first kappa shape index (κ1) is 11.9. The first-order valence-corrected chi connectivity index (χ1v) is 6.62. The lowest BCUT2D eigenvalue weighted by molar-refractivity contribution is -0.119. The second kappa shape index (κ2) is 4.18. The van der Waals surface area contributed by atoms with Crippen LogP contribution in [-0.4, -0.2) is 10.9 Å². The topological polar surface area (TPSA) is 58.9 Å². The van der Waals surface area contributed by atoms with Crippen LogP contribution in [0.2, 0.25) is 10.0 Å². The zero-order valence-electron chi connectivity index (χ0n) is 9.59. The van der Waals surface area contributed by atoms with E-state index in [0.717, 1.165) is 41.4 Å². The summed E-state index contributed by atoms with van der Waals surface area (Å²) < 4.78 is 0. The van der Waals surface area contributed by atoms with Gasteiger partial charge in [-0.15, -0.1) is 0 Å². The number of halogens is 2. The van der Waals surface area contributed by atoms with Crippen molar-refractivity contribution < 1.29 is 4.79 Å². The summed E-state index contributed by atoms with van der Waals surface area (Å²) in [5.41, 5.74) is 8.46. The molecule has 18 heavy (non-hydrogen) atoms. The number of amides is 1. The van der Waals surface area contributed by atoms with E-state index in [9.17, 15) is 4.79 Å². The molecule has 0 saturated heterocycles. The van der Waals surface area contributed by atoms with Gasteiger partial charge in [-0.25, -0.2) is 0 Å². The summed E-state index contributed by atoms with van der Waals surface area (Å²) in [6.45, 7) is 0. The summed E-state index contributed by atoms with van der Waals surface area (Å²) in [4.78, 5) is 14.7. The first-order valence-electron chi connectivity index (χ1n) is 5.86. The summed E-state index contributed by atoms with van der Waals surface area (Å²) in [6.07, 6.45) is 2.71. The highest BCUT2D eigenvalue weighted by molar-refractivity contribution is 6.42. The van der Waals surface area contributed by atoms with Gasteiger partial charge in [0, 0.05) is 16.6 Å². The zero-order valence-corrected chi connectivity index (χ0v) is 11.1. The quantitative estimate of drug-likeness (QED) is 0.828. The van der Waals surface area contributed by atoms with Gasteiger partial charge in [-0.1, -0.05) is 23.2 Å². The maximum atomic E-state index is 11.5. The molecule has 0 fully saturated rings. The summed E-state index contributed by atoms with van der Waals surface area (Å²) in [6, 6.07) is 3.66. The SMILES string of the molecule is NC(=O)C1CCCc2c1[nH]c1cc(Cl)c(Cl)cc21. The third-order valence-electron chi connectivity index (χ3n) is 3.59. The van der Waals surface area contributed by atoms with Gasteiger partial charge in [0.15, 0.2) is 0 Å². The molecule has 1 aliphatic rings. The second-order valence-electron chi connectivity index (χ2n) is 4.68. The van der Waals surface area contributed by atoms with Crippen LogP contribution in [0.3, 0.4) is 0 Å². The number of benzene rings is 1. The maximum Gasteiger partial charge on any atom is 0.226 e. The van der Waals surface area contributed by atoms with Gasteiger partial charge < -0.3 is 10.7 Å². The number of carbonyl (C=O) groups excluding carboxylic acids is 1. The van der Waals surface area contributed by atoms with Crippen molar-refractivity contribution in [3.8, 4) is 0 Å². The number of primary amides is 1. The molecule has 1 heterocycles. The van der Waals surface area contributed by atoms with Crippen molar-refractivity contribution in [2.45, 2.75) is 25.2 Å². The van der Waals surface area contributed by atoms with Crippen LogP contribution in [0.25, 0.3) is 10.9 Å². The van der Waals surface area contributed by atoms with Crippen molar-refractivity contribution in [1.29, 1.82) is 0 Å². The highest BCUT2D eigenvalue weighted by Crippen LogP contribution is 2.38. The molecule has 1 amide bonds. The number of aromatic amines is 1. The molecule has 1 atom stereocenters. The average Bonchev–Trinajstić information content (AvgIpc) is 2.67. The number of rotatable bonds is 1. The second-order valence-corrected chi connectivity index (χ2v) is 5.49. The van der Waals surface area contributed by atoms with E-state index in [2.05, 4.69) is 4.98 Å². The van der Waals surface area contributed by atoms with Gasteiger partial charge >= 0.3 is 0 Å². The van der Waals surface area contributed by atoms with Crippen molar-refractivity contribution in [1.82, 2.24) is 4.98 Å². The van der Waals surface area contributed by atoms with Crippen LogP contribution in [0.15, 0.2) is 12.1 Å². The first-order chi connectivity index (χ1) is 8.58. The smallest absolute Gasteiger partial charge is 0.226 e. The predicted octanol–water partition coefficient (Wildman–Crippen LogP) is 3.38. The minimum atomic E-state index is -0.278. The lowest BCUT2D eigenvalue weighted by atomic mass is 9.86. The number of hydrogen-bond acceptors (Lipinski definition) is 1.